The topological polar surface area (TPSA) is 127 Å². The second kappa shape index (κ2) is 12.7. The van der Waals surface area contributed by atoms with Crippen LogP contribution in [0.3, 0.4) is 0 Å². The van der Waals surface area contributed by atoms with Gasteiger partial charge in [-0.15, -0.1) is 0 Å². The fourth-order valence-electron chi connectivity index (χ4n) is 4.94. The number of nitrogens with zero attached hydrogens (tertiary/aromatic N) is 3. The van der Waals surface area contributed by atoms with Crippen LogP contribution in [0.5, 0.6) is 5.75 Å². The number of amides is 2. The maximum absolute atomic E-state index is 13.3. The number of carbonyl (C=O) groups excluding carboxylic acids is 2. The highest BCUT2D eigenvalue weighted by Crippen LogP contribution is 2.30. The van der Waals surface area contributed by atoms with E-state index in [2.05, 4.69) is 15.3 Å². The maximum Gasteiger partial charge on any atom is 0.410 e. The Kier molecular flexibility index (Phi) is 8.77. The lowest BCUT2D eigenvalue weighted by atomic mass is 9.91. The monoisotopic (exact) mass is 584 g/mol. The Labute approximate surface area is 250 Å². The van der Waals surface area contributed by atoms with E-state index in [1.54, 1.807) is 45.2 Å². The number of hydrogen-bond acceptors (Lipinski definition) is 8. The molecular formula is C33H36N4O6. The minimum Gasteiger partial charge on any atom is -0.486 e. The third-order valence-electron chi connectivity index (χ3n) is 7.19. The summed E-state index contributed by atoms with van der Waals surface area (Å²) in [4.78, 5) is 36.3. The molecule has 224 valence electrons. The van der Waals surface area contributed by atoms with Crippen molar-refractivity contribution in [2.45, 2.75) is 65.0 Å². The first-order valence-electron chi connectivity index (χ1n) is 14.2. The van der Waals surface area contributed by atoms with Crippen molar-refractivity contribution in [3.8, 4) is 17.0 Å². The third kappa shape index (κ3) is 7.39. The average Bonchev–Trinajstić information content (AvgIpc) is 3.41. The van der Waals surface area contributed by atoms with Crippen molar-refractivity contribution in [1.29, 1.82) is 0 Å². The summed E-state index contributed by atoms with van der Waals surface area (Å²) >= 11 is 0. The molecule has 1 aliphatic heterocycles. The SMILES string of the molecule is Cc1ncoc1COc1ccc2c(c1)CN(C(=O)OC(C)(C)C)[C@H]([C@H](O)CNC(=O)c1cccc(-c3ccccn3)c1)C2. The van der Waals surface area contributed by atoms with Gasteiger partial charge in [0.25, 0.3) is 5.91 Å². The summed E-state index contributed by atoms with van der Waals surface area (Å²) < 4.78 is 17.0. The van der Waals surface area contributed by atoms with Gasteiger partial charge in [-0.25, -0.2) is 9.78 Å². The van der Waals surface area contributed by atoms with Crippen molar-refractivity contribution in [1.82, 2.24) is 20.2 Å². The highest BCUT2D eigenvalue weighted by atomic mass is 16.6. The molecule has 1 aliphatic rings. The van der Waals surface area contributed by atoms with Gasteiger partial charge in [0.05, 0.1) is 23.5 Å². The van der Waals surface area contributed by atoms with Crippen molar-refractivity contribution in [2.75, 3.05) is 6.54 Å². The lowest BCUT2D eigenvalue weighted by Crippen LogP contribution is -2.54. The number of aromatic nitrogens is 2. The van der Waals surface area contributed by atoms with Crippen molar-refractivity contribution >= 4 is 12.0 Å². The van der Waals surface area contributed by atoms with Gasteiger partial charge >= 0.3 is 6.09 Å². The van der Waals surface area contributed by atoms with E-state index in [0.29, 0.717) is 23.5 Å². The van der Waals surface area contributed by atoms with Gasteiger partial charge in [-0.1, -0.05) is 24.3 Å². The maximum atomic E-state index is 13.3. The molecule has 0 unspecified atom stereocenters. The first kappa shape index (κ1) is 29.8. The van der Waals surface area contributed by atoms with Gasteiger partial charge < -0.3 is 24.3 Å². The van der Waals surface area contributed by atoms with Gasteiger partial charge in [-0.05, 0) is 81.6 Å². The van der Waals surface area contributed by atoms with E-state index < -0.39 is 23.8 Å². The molecule has 2 amide bonds. The van der Waals surface area contributed by atoms with E-state index in [4.69, 9.17) is 13.9 Å². The van der Waals surface area contributed by atoms with Crippen LogP contribution in [0.1, 0.15) is 53.7 Å². The molecule has 2 atom stereocenters. The molecule has 0 saturated heterocycles. The molecule has 2 aromatic heterocycles. The number of nitrogens with one attached hydrogen (secondary N) is 1. The largest absolute Gasteiger partial charge is 0.486 e. The number of benzene rings is 2. The molecule has 0 spiro atoms. The number of fused-ring (bicyclic) bond motifs is 1. The Morgan fingerprint density at radius 3 is 2.65 bits per heavy atom. The molecule has 0 saturated carbocycles. The molecule has 2 aromatic carbocycles. The Hall–Kier alpha value is -4.70. The molecule has 0 bridgehead atoms. The zero-order valence-corrected chi connectivity index (χ0v) is 24.7. The number of aryl methyl sites for hydroxylation is 1. The van der Waals surface area contributed by atoms with E-state index in [9.17, 15) is 14.7 Å². The quantitative estimate of drug-likeness (QED) is 0.294. The Morgan fingerprint density at radius 1 is 1.09 bits per heavy atom. The van der Waals surface area contributed by atoms with Crippen LogP contribution in [0.25, 0.3) is 11.3 Å². The molecule has 2 N–H and O–H groups in total. The van der Waals surface area contributed by atoms with Gasteiger partial charge in [0.2, 0.25) is 0 Å². The number of aliphatic hydroxyl groups is 1. The average molecular weight is 585 g/mol. The van der Waals surface area contributed by atoms with Crippen LogP contribution in [-0.4, -0.2) is 56.3 Å². The number of ether oxygens (including phenoxy) is 2. The van der Waals surface area contributed by atoms with E-state index in [1.165, 1.54) is 11.3 Å². The predicted octanol–water partition coefficient (Wildman–Crippen LogP) is 5.08. The molecule has 0 fully saturated rings. The minimum atomic E-state index is -1.05. The van der Waals surface area contributed by atoms with Crippen LogP contribution in [0, 0.1) is 6.92 Å². The highest BCUT2D eigenvalue weighted by molar-refractivity contribution is 5.95. The smallest absolute Gasteiger partial charge is 0.410 e. The zero-order valence-electron chi connectivity index (χ0n) is 24.7. The van der Waals surface area contributed by atoms with Crippen LogP contribution >= 0.6 is 0 Å². The molecule has 43 heavy (non-hydrogen) atoms. The van der Waals surface area contributed by atoms with Crippen LogP contribution in [0.15, 0.2) is 77.7 Å². The van der Waals surface area contributed by atoms with E-state index >= 15 is 0 Å². The summed E-state index contributed by atoms with van der Waals surface area (Å²) in [7, 11) is 0. The molecule has 5 rings (SSSR count). The van der Waals surface area contributed by atoms with E-state index in [-0.39, 0.29) is 25.6 Å². The Bertz CT molecular complexity index is 1580. The summed E-state index contributed by atoms with van der Waals surface area (Å²) in [5.41, 5.74) is 3.92. The number of hydrogen-bond donors (Lipinski definition) is 2. The lowest BCUT2D eigenvalue weighted by Gasteiger charge is -2.40. The number of carbonyl (C=O) groups is 2. The summed E-state index contributed by atoms with van der Waals surface area (Å²) in [6.07, 6.45) is 1.87. The van der Waals surface area contributed by atoms with Gasteiger partial charge in [0, 0.05) is 30.4 Å². The second-order valence-electron chi connectivity index (χ2n) is 11.5. The molecule has 10 heteroatoms. The van der Waals surface area contributed by atoms with Gasteiger partial charge in [-0.3, -0.25) is 14.7 Å². The van der Waals surface area contributed by atoms with Crippen LogP contribution in [0.2, 0.25) is 0 Å². The van der Waals surface area contributed by atoms with Gasteiger partial charge in [0.1, 0.15) is 18.0 Å². The minimum absolute atomic E-state index is 0.0519. The Balaban J connectivity index is 1.29. The van der Waals surface area contributed by atoms with Crippen LogP contribution < -0.4 is 10.1 Å². The standard InChI is InChI=1S/C33H36N4O6/c1-21-30(42-20-36-21)19-41-26-12-11-22-16-28(37(18-25(22)15-26)32(40)43-33(2,3)4)29(38)17-35-31(39)24-9-7-8-23(14-24)27-10-5-6-13-34-27/h5-15,20,28-29,38H,16-19H2,1-4H3,(H,35,39)/t28-,29+/m0/s1. The number of aliphatic hydroxyl groups excluding tert-OH is 1. The highest BCUT2D eigenvalue weighted by Gasteiger charge is 2.37. The third-order valence-corrected chi connectivity index (χ3v) is 7.19. The summed E-state index contributed by atoms with van der Waals surface area (Å²) in [5, 5.41) is 14.1. The molecule has 3 heterocycles. The van der Waals surface area contributed by atoms with E-state index in [1.807, 2.05) is 49.4 Å². The molecular weight excluding hydrogens is 548 g/mol. The summed E-state index contributed by atoms with van der Waals surface area (Å²) in [5.74, 6) is 0.931. The van der Waals surface area contributed by atoms with Crippen molar-refractivity contribution < 1.29 is 28.6 Å². The molecule has 0 radical (unpaired) electrons. The predicted molar refractivity (Wildman–Crippen MR) is 159 cm³/mol. The fourth-order valence-corrected chi connectivity index (χ4v) is 4.94. The van der Waals surface area contributed by atoms with Crippen molar-refractivity contribution in [3.63, 3.8) is 0 Å². The number of rotatable bonds is 8. The number of oxazole rings is 1. The molecule has 4 aromatic rings. The van der Waals surface area contributed by atoms with Crippen LogP contribution in [0.4, 0.5) is 4.79 Å². The summed E-state index contributed by atoms with van der Waals surface area (Å²) in [6.45, 7) is 7.63. The van der Waals surface area contributed by atoms with E-state index in [0.717, 1.165) is 28.1 Å². The summed E-state index contributed by atoms with van der Waals surface area (Å²) in [6, 6.07) is 17.8. The first-order valence-corrected chi connectivity index (χ1v) is 14.2. The van der Waals surface area contributed by atoms with Crippen LogP contribution in [-0.2, 0) is 24.3 Å². The van der Waals surface area contributed by atoms with Crippen molar-refractivity contribution in [3.05, 3.63) is 101 Å². The van der Waals surface area contributed by atoms with Crippen molar-refractivity contribution in [2.24, 2.45) is 0 Å². The fraction of sp³-hybridized carbons (Fsp3) is 0.333. The second-order valence-corrected chi connectivity index (χ2v) is 11.5. The first-order chi connectivity index (χ1) is 20.6. The normalized spacial score (nSPS) is 15.4. The van der Waals surface area contributed by atoms with Gasteiger partial charge in [0.15, 0.2) is 12.2 Å². The molecule has 10 nitrogen and oxygen atoms in total. The zero-order chi connectivity index (χ0) is 30.6. The Morgan fingerprint density at radius 2 is 1.93 bits per heavy atom. The molecule has 0 aliphatic carbocycles. The lowest BCUT2D eigenvalue weighted by molar-refractivity contribution is -0.0113. The van der Waals surface area contributed by atoms with Gasteiger partial charge in [-0.2, -0.15) is 0 Å². The number of pyridine rings is 1.